The largest absolute Gasteiger partial charge is 0.449 e. The van der Waals surface area contributed by atoms with Crippen LogP contribution in [0.1, 0.15) is 11.5 Å². The van der Waals surface area contributed by atoms with Crippen LogP contribution in [0.3, 0.4) is 0 Å². The molecule has 2 rings (SSSR count). The van der Waals surface area contributed by atoms with Gasteiger partial charge in [-0.05, 0) is 19.1 Å². The topological polar surface area (TPSA) is 26.0 Å². The lowest BCUT2D eigenvalue weighted by molar-refractivity contribution is 0.521. The number of oxazole rings is 1. The van der Waals surface area contributed by atoms with Gasteiger partial charge >= 0.3 is 0 Å². The molecular formula is C11H10ClNO. The van der Waals surface area contributed by atoms with E-state index in [1.807, 2.05) is 32.0 Å². The minimum Gasteiger partial charge on any atom is -0.449 e. The van der Waals surface area contributed by atoms with E-state index in [0.29, 0.717) is 10.9 Å². The maximum absolute atomic E-state index is 6.06. The number of nitrogens with zero attached hydrogens (tertiary/aromatic N) is 1. The van der Waals surface area contributed by atoms with Crippen molar-refractivity contribution in [1.82, 2.24) is 4.98 Å². The van der Waals surface area contributed by atoms with Gasteiger partial charge in [0.05, 0.1) is 5.02 Å². The Balaban J connectivity index is 2.55. The molecule has 72 valence electrons. The van der Waals surface area contributed by atoms with Crippen LogP contribution in [0.15, 0.2) is 28.9 Å². The van der Waals surface area contributed by atoms with Crippen molar-refractivity contribution in [2.24, 2.45) is 0 Å². The van der Waals surface area contributed by atoms with Gasteiger partial charge < -0.3 is 4.42 Å². The molecule has 3 heteroatoms. The number of aryl methyl sites for hydroxylation is 2. The Labute approximate surface area is 87.5 Å². The van der Waals surface area contributed by atoms with Crippen LogP contribution < -0.4 is 0 Å². The van der Waals surface area contributed by atoms with E-state index in [-0.39, 0.29) is 0 Å². The zero-order chi connectivity index (χ0) is 10.1. The molecule has 0 aliphatic rings. The van der Waals surface area contributed by atoms with Crippen molar-refractivity contribution in [3.63, 3.8) is 0 Å². The van der Waals surface area contributed by atoms with Crippen molar-refractivity contribution >= 4 is 11.6 Å². The van der Waals surface area contributed by atoms with Crippen molar-refractivity contribution in [1.29, 1.82) is 0 Å². The minimum absolute atomic E-state index is 0.651. The molecule has 0 unspecified atom stereocenters. The first-order valence-corrected chi connectivity index (χ1v) is 4.73. The fourth-order valence-corrected chi connectivity index (χ4v) is 1.54. The predicted molar refractivity (Wildman–Crippen MR) is 56.4 cm³/mol. The lowest BCUT2D eigenvalue weighted by atomic mass is 10.1. The van der Waals surface area contributed by atoms with Crippen LogP contribution >= 0.6 is 11.6 Å². The Bertz CT molecular complexity index is 462. The highest BCUT2D eigenvalue weighted by atomic mass is 35.5. The van der Waals surface area contributed by atoms with Gasteiger partial charge in [-0.2, -0.15) is 0 Å². The smallest absolute Gasteiger partial charge is 0.191 e. The summed E-state index contributed by atoms with van der Waals surface area (Å²) in [5.74, 6) is 0.651. The quantitative estimate of drug-likeness (QED) is 0.714. The molecule has 0 spiro atoms. The Morgan fingerprint density at radius 1 is 1.29 bits per heavy atom. The summed E-state index contributed by atoms with van der Waals surface area (Å²) in [6, 6.07) is 5.84. The van der Waals surface area contributed by atoms with E-state index in [1.54, 1.807) is 6.26 Å². The second kappa shape index (κ2) is 3.46. The van der Waals surface area contributed by atoms with E-state index < -0.39 is 0 Å². The van der Waals surface area contributed by atoms with E-state index in [4.69, 9.17) is 16.0 Å². The third-order valence-electron chi connectivity index (χ3n) is 2.02. The molecule has 1 heterocycles. The number of rotatable bonds is 1. The molecule has 14 heavy (non-hydrogen) atoms. The SMILES string of the molecule is Cc1ccc(Cl)c(-c2coc(C)n2)c1. The molecule has 2 aromatic rings. The summed E-state index contributed by atoms with van der Waals surface area (Å²) in [4.78, 5) is 4.23. The normalized spacial score (nSPS) is 10.5. The molecule has 0 fully saturated rings. The van der Waals surface area contributed by atoms with Crippen molar-refractivity contribution in [3.8, 4) is 11.3 Å². The van der Waals surface area contributed by atoms with Gasteiger partial charge in [0.25, 0.3) is 0 Å². The van der Waals surface area contributed by atoms with Crippen molar-refractivity contribution < 1.29 is 4.42 Å². The molecule has 1 aromatic heterocycles. The molecule has 0 bridgehead atoms. The highest BCUT2D eigenvalue weighted by Crippen LogP contribution is 2.27. The van der Waals surface area contributed by atoms with Gasteiger partial charge in [0.1, 0.15) is 12.0 Å². The first kappa shape index (κ1) is 9.28. The first-order valence-electron chi connectivity index (χ1n) is 4.35. The molecule has 2 nitrogen and oxygen atoms in total. The van der Waals surface area contributed by atoms with Gasteiger partial charge in [-0.15, -0.1) is 0 Å². The van der Waals surface area contributed by atoms with Crippen molar-refractivity contribution in [2.45, 2.75) is 13.8 Å². The highest BCUT2D eigenvalue weighted by Gasteiger charge is 2.07. The number of hydrogen-bond acceptors (Lipinski definition) is 2. The molecule has 0 radical (unpaired) electrons. The van der Waals surface area contributed by atoms with E-state index >= 15 is 0 Å². The summed E-state index contributed by atoms with van der Waals surface area (Å²) in [5.41, 5.74) is 2.87. The van der Waals surface area contributed by atoms with E-state index in [9.17, 15) is 0 Å². The highest BCUT2D eigenvalue weighted by molar-refractivity contribution is 6.33. The lowest BCUT2D eigenvalue weighted by Crippen LogP contribution is -1.81. The monoisotopic (exact) mass is 207 g/mol. The molecule has 0 saturated carbocycles. The van der Waals surface area contributed by atoms with Gasteiger partial charge in [0, 0.05) is 12.5 Å². The number of aromatic nitrogens is 1. The number of hydrogen-bond donors (Lipinski definition) is 0. The lowest BCUT2D eigenvalue weighted by Gasteiger charge is -2.00. The Kier molecular flexibility index (Phi) is 2.30. The molecule has 0 atom stereocenters. The van der Waals surface area contributed by atoms with Crippen LogP contribution in [0.25, 0.3) is 11.3 Å². The zero-order valence-electron chi connectivity index (χ0n) is 8.04. The van der Waals surface area contributed by atoms with E-state index in [2.05, 4.69) is 4.98 Å². The summed E-state index contributed by atoms with van der Waals surface area (Å²) in [7, 11) is 0. The summed E-state index contributed by atoms with van der Waals surface area (Å²) in [6.07, 6.45) is 1.62. The Morgan fingerprint density at radius 2 is 2.07 bits per heavy atom. The summed E-state index contributed by atoms with van der Waals surface area (Å²) in [5, 5.41) is 0.698. The molecule has 0 saturated heterocycles. The molecule has 0 N–H and O–H groups in total. The van der Waals surface area contributed by atoms with Crippen LogP contribution in [0, 0.1) is 13.8 Å². The number of halogens is 1. The fraction of sp³-hybridized carbons (Fsp3) is 0.182. The Morgan fingerprint density at radius 3 is 2.71 bits per heavy atom. The van der Waals surface area contributed by atoms with Gasteiger partial charge in [-0.25, -0.2) is 4.98 Å². The second-order valence-corrected chi connectivity index (χ2v) is 3.64. The zero-order valence-corrected chi connectivity index (χ0v) is 8.80. The van der Waals surface area contributed by atoms with E-state index in [1.165, 1.54) is 0 Å². The van der Waals surface area contributed by atoms with Gasteiger partial charge in [0.2, 0.25) is 0 Å². The third kappa shape index (κ3) is 1.66. The standard InChI is InChI=1S/C11H10ClNO/c1-7-3-4-10(12)9(5-7)11-6-14-8(2)13-11/h3-6H,1-2H3. The maximum atomic E-state index is 6.06. The van der Waals surface area contributed by atoms with Crippen LogP contribution in [-0.2, 0) is 0 Å². The first-order chi connectivity index (χ1) is 6.66. The summed E-state index contributed by atoms with van der Waals surface area (Å²) >= 11 is 6.06. The predicted octanol–water partition coefficient (Wildman–Crippen LogP) is 3.61. The van der Waals surface area contributed by atoms with Gasteiger partial charge in [0.15, 0.2) is 5.89 Å². The summed E-state index contributed by atoms with van der Waals surface area (Å²) in [6.45, 7) is 3.83. The molecular weight excluding hydrogens is 198 g/mol. The Hall–Kier alpha value is -1.28. The summed E-state index contributed by atoms with van der Waals surface area (Å²) < 4.78 is 5.14. The third-order valence-corrected chi connectivity index (χ3v) is 2.35. The average Bonchev–Trinajstić information content (AvgIpc) is 2.56. The minimum atomic E-state index is 0.651. The van der Waals surface area contributed by atoms with Crippen molar-refractivity contribution in [3.05, 3.63) is 40.9 Å². The average molecular weight is 208 g/mol. The van der Waals surface area contributed by atoms with Crippen LogP contribution in [0.5, 0.6) is 0 Å². The molecule has 0 aliphatic carbocycles. The van der Waals surface area contributed by atoms with Crippen LogP contribution in [-0.4, -0.2) is 4.98 Å². The van der Waals surface area contributed by atoms with Crippen LogP contribution in [0.4, 0.5) is 0 Å². The second-order valence-electron chi connectivity index (χ2n) is 3.24. The fourth-order valence-electron chi connectivity index (χ4n) is 1.32. The maximum Gasteiger partial charge on any atom is 0.191 e. The molecule has 0 amide bonds. The molecule has 1 aromatic carbocycles. The number of benzene rings is 1. The van der Waals surface area contributed by atoms with Crippen LogP contribution in [0.2, 0.25) is 5.02 Å². The van der Waals surface area contributed by atoms with Gasteiger partial charge in [-0.1, -0.05) is 23.2 Å². The van der Waals surface area contributed by atoms with Crippen molar-refractivity contribution in [2.75, 3.05) is 0 Å². The molecule has 0 aliphatic heterocycles. The van der Waals surface area contributed by atoms with Gasteiger partial charge in [-0.3, -0.25) is 0 Å². The van der Waals surface area contributed by atoms with E-state index in [0.717, 1.165) is 16.8 Å².